The van der Waals surface area contributed by atoms with Crippen molar-refractivity contribution in [2.24, 2.45) is 0 Å². The number of pyridine rings is 1. The Kier molecular flexibility index (Phi) is 5.53. The van der Waals surface area contributed by atoms with E-state index in [2.05, 4.69) is 31.1 Å². The highest BCUT2D eigenvalue weighted by molar-refractivity contribution is 5.65. The Hall–Kier alpha value is -3.43. The Morgan fingerprint density at radius 2 is 1.45 bits per heavy atom. The van der Waals surface area contributed by atoms with Crippen molar-refractivity contribution in [3.05, 3.63) is 59.9 Å². The molecule has 29 heavy (non-hydrogen) atoms. The zero-order valence-corrected chi connectivity index (χ0v) is 15.8. The molecule has 2 heterocycles. The summed E-state index contributed by atoms with van der Waals surface area (Å²) in [6.07, 6.45) is 3.17. The van der Waals surface area contributed by atoms with Crippen LogP contribution in [0.2, 0.25) is 0 Å². The number of hydrazine groups is 1. The van der Waals surface area contributed by atoms with Gasteiger partial charge in [0.05, 0.1) is 5.69 Å². The molecule has 0 bridgehead atoms. The number of hydrogen-bond acceptors (Lipinski definition) is 6. The molecule has 152 valence electrons. The summed E-state index contributed by atoms with van der Waals surface area (Å²) in [4.78, 5) is 12.6. The van der Waals surface area contributed by atoms with Crippen molar-refractivity contribution in [1.82, 2.24) is 15.0 Å². The minimum atomic E-state index is -1.56. The molecule has 0 aliphatic heterocycles. The summed E-state index contributed by atoms with van der Waals surface area (Å²) >= 11 is 0. The minimum absolute atomic E-state index is 0.113. The first-order chi connectivity index (χ1) is 13.6. The fourth-order valence-electron chi connectivity index (χ4n) is 2.38. The van der Waals surface area contributed by atoms with Crippen LogP contribution in [0.5, 0.6) is 0 Å². The largest absolute Gasteiger partial charge is 0.350 e. The Balaban J connectivity index is 1.96. The van der Waals surface area contributed by atoms with Gasteiger partial charge in [-0.3, -0.25) is 15.8 Å². The molecule has 0 spiro atoms. The molecule has 0 radical (unpaired) electrons. The van der Waals surface area contributed by atoms with Gasteiger partial charge in [0.25, 0.3) is 0 Å². The number of nitrogens with one attached hydrogen (secondary N) is 3. The number of nitrogens with zero attached hydrogens (tertiary/aromatic N) is 3. The molecule has 0 saturated heterocycles. The van der Waals surface area contributed by atoms with Crippen LogP contribution in [0.1, 0.15) is 20.8 Å². The zero-order valence-electron chi connectivity index (χ0n) is 15.8. The highest BCUT2D eigenvalue weighted by Crippen LogP contribution is 2.26. The standard InChI is InChI=1S/C19H18F4N6/c1-19(2,3)27-18-25-13(10-4-6-24-7-5-10)9-14(26-18)28-29-17-15(22)11(20)8-12(21)16(17)23/h4-9,29H,1-3H3,(H2,25,26,27,28). The van der Waals surface area contributed by atoms with E-state index in [0.29, 0.717) is 5.69 Å². The Morgan fingerprint density at radius 3 is 2.03 bits per heavy atom. The maximum Gasteiger partial charge on any atom is 0.225 e. The van der Waals surface area contributed by atoms with E-state index in [9.17, 15) is 17.6 Å². The Morgan fingerprint density at radius 1 is 0.828 bits per heavy atom. The number of hydrogen-bond donors (Lipinski definition) is 3. The van der Waals surface area contributed by atoms with Gasteiger partial charge in [-0.1, -0.05) is 0 Å². The van der Waals surface area contributed by atoms with Gasteiger partial charge in [0.15, 0.2) is 29.1 Å². The fourth-order valence-corrected chi connectivity index (χ4v) is 2.38. The number of benzene rings is 1. The predicted molar refractivity (Wildman–Crippen MR) is 102 cm³/mol. The molecular weight excluding hydrogens is 388 g/mol. The van der Waals surface area contributed by atoms with Crippen LogP contribution >= 0.6 is 0 Å². The number of aromatic nitrogens is 3. The topological polar surface area (TPSA) is 74.8 Å². The van der Waals surface area contributed by atoms with Crippen LogP contribution in [0.25, 0.3) is 11.3 Å². The van der Waals surface area contributed by atoms with Crippen LogP contribution in [0.3, 0.4) is 0 Å². The second-order valence-electron chi connectivity index (χ2n) is 7.17. The third kappa shape index (κ3) is 4.89. The maximum absolute atomic E-state index is 13.9. The van der Waals surface area contributed by atoms with Gasteiger partial charge in [-0.05, 0) is 32.9 Å². The molecular formula is C19H18F4N6. The van der Waals surface area contributed by atoms with Crippen LogP contribution in [0.15, 0.2) is 36.7 Å². The summed E-state index contributed by atoms with van der Waals surface area (Å²) in [7, 11) is 0. The molecule has 0 unspecified atom stereocenters. The quantitative estimate of drug-likeness (QED) is 0.323. The molecule has 2 aromatic heterocycles. The molecule has 3 aromatic rings. The van der Waals surface area contributed by atoms with Gasteiger partial charge in [0, 0.05) is 35.6 Å². The summed E-state index contributed by atoms with van der Waals surface area (Å²) < 4.78 is 54.5. The Labute approximate surface area is 164 Å². The summed E-state index contributed by atoms with van der Waals surface area (Å²) in [5.41, 5.74) is 4.44. The van der Waals surface area contributed by atoms with Crippen molar-refractivity contribution in [2.45, 2.75) is 26.3 Å². The van der Waals surface area contributed by atoms with E-state index in [1.807, 2.05) is 20.8 Å². The first-order valence-electron chi connectivity index (χ1n) is 8.57. The van der Waals surface area contributed by atoms with E-state index in [-0.39, 0.29) is 23.4 Å². The minimum Gasteiger partial charge on any atom is -0.350 e. The van der Waals surface area contributed by atoms with Crippen molar-refractivity contribution in [3.63, 3.8) is 0 Å². The van der Waals surface area contributed by atoms with Gasteiger partial charge in [0.2, 0.25) is 5.95 Å². The normalized spacial score (nSPS) is 11.3. The molecule has 0 fully saturated rings. The average Bonchev–Trinajstić information content (AvgIpc) is 2.65. The molecule has 6 nitrogen and oxygen atoms in total. The molecule has 0 aliphatic rings. The zero-order chi connectivity index (χ0) is 21.2. The van der Waals surface area contributed by atoms with Crippen LogP contribution in [-0.2, 0) is 0 Å². The number of halogens is 4. The first kappa shape index (κ1) is 20.3. The second-order valence-corrected chi connectivity index (χ2v) is 7.17. The summed E-state index contributed by atoms with van der Waals surface area (Å²) in [5.74, 6) is -5.82. The average molecular weight is 406 g/mol. The van der Waals surface area contributed by atoms with Crippen molar-refractivity contribution in [1.29, 1.82) is 0 Å². The first-order valence-corrected chi connectivity index (χ1v) is 8.57. The highest BCUT2D eigenvalue weighted by Gasteiger charge is 2.19. The SMILES string of the molecule is CC(C)(C)Nc1nc(NNc2c(F)c(F)cc(F)c2F)cc(-c2ccncc2)n1. The molecule has 0 atom stereocenters. The Bertz CT molecular complexity index is 995. The van der Waals surface area contributed by atoms with E-state index in [1.54, 1.807) is 24.5 Å². The van der Waals surface area contributed by atoms with Crippen LogP contribution in [0, 0.1) is 23.3 Å². The van der Waals surface area contributed by atoms with E-state index < -0.39 is 29.0 Å². The number of rotatable bonds is 5. The van der Waals surface area contributed by atoms with Crippen LogP contribution in [-0.4, -0.2) is 20.5 Å². The summed E-state index contributed by atoms with van der Waals surface area (Å²) in [6, 6.07) is 5.08. The molecule has 3 N–H and O–H groups in total. The fraction of sp³-hybridized carbons (Fsp3) is 0.211. The van der Waals surface area contributed by atoms with E-state index in [1.165, 1.54) is 6.07 Å². The number of anilines is 3. The smallest absolute Gasteiger partial charge is 0.225 e. The van der Waals surface area contributed by atoms with Gasteiger partial charge < -0.3 is 5.32 Å². The summed E-state index contributed by atoms with van der Waals surface area (Å²) in [6.45, 7) is 5.71. The molecule has 0 aliphatic carbocycles. The highest BCUT2D eigenvalue weighted by atomic mass is 19.2. The van der Waals surface area contributed by atoms with Gasteiger partial charge in [0.1, 0.15) is 5.69 Å². The van der Waals surface area contributed by atoms with Gasteiger partial charge >= 0.3 is 0 Å². The predicted octanol–water partition coefficient (Wildman–Crippen LogP) is 4.74. The molecule has 10 heteroatoms. The van der Waals surface area contributed by atoms with E-state index in [0.717, 1.165) is 5.56 Å². The van der Waals surface area contributed by atoms with Crippen molar-refractivity contribution in [2.75, 3.05) is 16.2 Å². The molecule has 3 rings (SSSR count). The van der Waals surface area contributed by atoms with Crippen molar-refractivity contribution in [3.8, 4) is 11.3 Å². The lowest BCUT2D eigenvalue weighted by Gasteiger charge is -2.21. The summed E-state index contributed by atoms with van der Waals surface area (Å²) in [5, 5.41) is 3.10. The van der Waals surface area contributed by atoms with E-state index in [4.69, 9.17) is 0 Å². The molecule has 0 saturated carbocycles. The van der Waals surface area contributed by atoms with Gasteiger partial charge in [-0.15, -0.1) is 0 Å². The monoisotopic (exact) mass is 406 g/mol. The lowest BCUT2D eigenvalue weighted by Crippen LogP contribution is -2.27. The third-order valence-electron chi connectivity index (χ3n) is 3.62. The van der Waals surface area contributed by atoms with Crippen molar-refractivity contribution < 1.29 is 17.6 Å². The second kappa shape index (κ2) is 7.90. The lowest BCUT2D eigenvalue weighted by molar-refractivity contribution is 0.459. The lowest BCUT2D eigenvalue weighted by atomic mass is 10.1. The van der Waals surface area contributed by atoms with Gasteiger partial charge in [-0.25, -0.2) is 22.5 Å². The van der Waals surface area contributed by atoms with Crippen LogP contribution < -0.4 is 16.2 Å². The van der Waals surface area contributed by atoms with Crippen molar-refractivity contribution >= 4 is 17.5 Å². The maximum atomic E-state index is 13.9. The van der Waals surface area contributed by atoms with Gasteiger partial charge in [-0.2, -0.15) is 4.98 Å². The third-order valence-corrected chi connectivity index (χ3v) is 3.62. The van der Waals surface area contributed by atoms with Crippen LogP contribution in [0.4, 0.5) is 35.0 Å². The molecule has 0 amide bonds. The van der Waals surface area contributed by atoms with E-state index >= 15 is 0 Å². The molecule has 1 aromatic carbocycles.